The summed E-state index contributed by atoms with van der Waals surface area (Å²) in [6, 6.07) is 15.0. The highest BCUT2D eigenvalue weighted by Crippen LogP contribution is 2.25. The smallest absolute Gasteiger partial charge is 0.340 e. The third-order valence-electron chi connectivity index (χ3n) is 4.16. The van der Waals surface area contributed by atoms with Crippen molar-refractivity contribution < 1.29 is 23.9 Å². The van der Waals surface area contributed by atoms with Crippen LogP contribution in [0.1, 0.15) is 17.3 Å². The van der Waals surface area contributed by atoms with E-state index >= 15 is 0 Å². The molecule has 3 rings (SSSR count). The van der Waals surface area contributed by atoms with Gasteiger partial charge in [0.05, 0.1) is 24.4 Å². The molecule has 27 heavy (non-hydrogen) atoms. The van der Waals surface area contributed by atoms with Crippen molar-refractivity contribution in [1.82, 2.24) is 0 Å². The first-order valence-corrected chi connectivity index (χ1v) is 8.49. The van der Waals surface area contributed by atoms with Gasteiger partial charge in [-0.2, -0.15) is 0 Å². The van der Waals surface area contributed by atoms with Crippen LogP contribution in [-0.4, -0.2) is 36.7 Å². The van der Waals surface area contributed by atoms with E-state index < -0.39 is 29.5 Å². The predicted octanol–water partition coefficient (Wildman–Crippen LogP) is 2.03. The van der Waals surface area contributed by atoms with Gasteiger partial charge in [-0.3, -0.25) is 14.4 Å². The lowest BCUT2D eigenvalue weighted by molar-refractivity contribution is -0.134. The molecule has 1 heterocycles. The normalized spacial score (nSPS) is 16.3. The van der Waals surface area contributed by atoms with Crippen molar-refractivity contribution >= 4 is 34.9 Å². The molecular weight excluding hydrogens is 348 g/mol. The van der Waals surface area contributed by atoms with Crippen molar-refractivity contribution in [3.05, 3.63) is 60.2 Å². The standard InChI is InChI=1S/C20H18N2O5/c1-2-27-20(26)14-10-6-7-11-15(14)21-18(24)17-16(23)12-22(19(17)25)13-8-4-3-5-9-13/h3-11,17H,2,12H2,1H3,(H,21,24)/t17-/m0/s1. The second-order valence-corrected chi connectivity index (χ2v) is 5.91. The third kappa shape index (κ3) is 3.72. The molecule has 2 aromatic rings. The topological polar surface area (TPSA) is 92.8 Å². The van der Waals surface area contributed by atoms with Crippen molar-refractivity contribution in [3.63, 3.8) is 0 Å². The van der Waals surface area contributed by atoms with Gasteiger partial charge in [-0.05, 0) is 31.2 Å². The van der Waals surface area contributed by atoms with Crippen molar-refractivity contribution in [1.29, 1.82) is 0 Å². The molecule has 1 aliphatic heterocycles. The Balaban J connectivity index is 1.80. The maximum atomic E-state index is 12.6. The second kappa shape index (κ2) is 7.82. The van der Waals surface area contributed by atoms with Crippen LogP contribution < -0.4 is 10.2 Å². The minimum Gasteiger partial charge on any atom is -0.462 e. The van der Waals surface area contributed by atoms with E-state index in [4.69, 9.17) is 4.74 Å². The van der Waals surface area contributed by atoms with Gasteiger partial charge >= 0.3 is 5.97 Å². The minimum atomic E-state index is -1.44. The molecule has 2 aromatic carbocycles. The zero-order valence-corrected chi connectivity index (χ0v) is 14.7. The lowest BCUT2D eigenvalue weighted by Crippen LogP contribution is -2.34. The maximum Gasteiger partial charge on any atom is 0.340 e. The summed E-state index contributed by atoms with van der Waals surface area (Å²) in [7, 11) is 0. The van der Waals surface area contributed by atoms with Gasteiger partial charge in [-0.15, -0.1) is 0 Å². The molecule has 1 N–H and O–H groups in total. The summed E-state index contributed by atoms with van der Waals surface area (Å²) in [6.45, 7) is 1.69. The van der Waals surface area contributed by atoms with Gasteiger partial charge in [0.1, 0.15) is 0 Å². The number of esters is 1. The Labute approximate surface area is 155 Å². The number of Topliss-reactive ketones (excluding diaryl/α,β-unsaturated/α-hetero) is 1. The van der Waals surface area contributed by atoms with Crippen molar-refractivity contribution in [2.45, 2.75) is 6.92 Å². The Bertz CT molecular complexity index is 894. The number of carbonyl (C=O) groups is 4. The Hall–Kier alpha value is -3.48. The number of rotatable bonds is 5. The molecule has 0 spiro atoms. The number of nitrogens with zero attached hydrogens (tertiary/aromatic N) is 1. The fourth-order valence-corrected chi connectivity index (χ4v) is 2.89. The summed E-state index contributed by atoms with van der Waals surface area (Å²) in [4.78, 5) is 50.8. The number of hydrogen-bond acceptors (Lipinski definition) is 5. The number of benzene rings is 2. The van der Waals surface area contributed by atoms with E-state index in [0.29, 0.717) is 5.69 Å². The summed E-state index contributed by atoms with van der Waals surface area (Å²) in [5.74, 6) is -3.88. The van der Waals surface area contributed by atoms with Crippen LogP contribution in [0.3, 0.4) is 0 Å². The second-order valence-electron chi connectivity index (χ2n) is 5.91. The van der Waals surface area contributed by atoms with Crippen LogP contribution in [0.25, 0.3) is 0 Å². The summed E-state index contributed by atoms with van der Waals surface area (Å²) in [5, 5.41) is 2.52. The molecule has 7 heteroatoms. The molecule has 1 fully saturated rings. The molecule has 0 saturated carbocycles. The monoisotopic (exact) mass is 366 g/mol. The fourth-order valence-electron chi connectivity index (χ4n) is 2.89. The minimum absolute atomic E-state index is 0.158. The van der Waals surface area contributed by atoms with Crippen LogP contribution >= 0.6 is 0 Å². The van der Waals surface area contributed by atoms with Crippen molar-refractivity contribution in [2.24, 2.45) is 5.92 Å². The van der Waals surface area contributed by atoms with Gasteiger partial charge in [-0.25, -0.2) is 4.79 Å². The van der Waals surface area contributed by atoms with Gasteiger partial charge < -0.3 is 15.0 Å². The van der Waals surface area contributed by atoms with Crippen LogP contribution in [0, 0.1) is 5.92 Å². The third-order valence-corrected chi connectivity index (χ3v) is 4.16. The Kier molecular flexibility index (Phi) is 5.30. The molecule has 1 atom stereocenters. The number of hydrogen-bond donors (Lipinski definition) is 1. The van der Waals surface area contributed by atoms with Crippen LogP contribution in [0.2, 0.25) is 0 Å². The van der Waals surface area contributed by atoms with Gasteiger partial charge in [0.25, 0.3) is 0 Å². The number of para-hydroxylation sites is 2. The SMILES string of the molecule is CCOC(=O)c1ccccc1NC(=O)[C@@H]1C(=O)CN(c2ccccc2)C1=O. The first-order chi connectivity index (χ1) is 13.0. The highest BCUT2D eigenvalue weighted by atomic mass is 16.5. The van der Waals surface area contributed by atoms with E-state index in [1.54, 1.807) is 49.4 Å². The van der Waals surface area contributed by atoms with Gasteiger partial charge in [0.2, 0.25) is 11.8 Å². The Morgan fingerprint density at radius 3 is 2.44 bits per heavy atom. The quantitative estimate of drug-likeness (QED) is 0.646. The Morgan fingerprint density at radius 2 is 1.74 bits per heavy atom. The zero-order valence-electron chi connectivity index (χ0n) is 14.7. The average molecular weight is 366 g/mol. The number of carbonyl (C=O) groups excluding carboxylic acids is 4. The first-order valence-electron chi connectivity index (χ1n) is 8.49. The molecular formula is C20H18N2O5. The lowest BCUT2D eigenvalue weighted by atomic mass is 10.1. The summed E-state index contributed by atoms with van der Waals surface area (Å²) < 4.78 is 4.96. The summed E-state index contributed by atoms with van der Waals surface area (Å²) in [5.41, 5.74) is 0.906. The van der Waals surface area contributed by atoms with E-state index in [9.17, 15) is 19.2 Å². The molecule has 2 amide bonds. The van der Waals surface area contributed by atoms with Crippen LogP contribution in [0.15, 0.2) is 54.6 Å². The van der Waals surface area contributed by atoms with Crippen molar-refractivity contribution in [2.75, 3.05) is 23.4 Å². The van der Waals surface area contributed by atoms with E-state index in [0.717, 1.165) is 0 Å². The predicted molar refractivity (Wildman–Crippen MR) is 98.3 cm³/mol. The largest absolute Gasteiger partial charge is 0.462 e. The van der Waals surface area contributed by atoms with Gasteiger partial charge in [0.15, 0.2) is 11.7 Å². The molecule has 0 aromatic heterocycles. The number of nitrogens with one attached hydrogen (secondary N) is 1. The van der Waals surface area contributed by atoms with E-state index in [1.165, 1.54) is 17.0 Å². The van der Waals surface area contributed by atoms with E-state index in [2.05, 4.69) is 5.32 Å². The molecule has 0 radical (unpaired) electrons. The van der Waals surface area contributed by atoms with E-state index in [-0.39, 0.29) is 24.4 Å². The molecule has 0 aliphatic carbocycles. The maximum absolute atomic E-state index is 12.6. The van der Waals surface area contributed by atoms with Crippen LogP contribution in [0.4, 0.5) is 11.4 Å². The highest BCUT2D eigenvalue weighted by Gasteiger charge is 2.44. The van der Waals surface area contributed by atoms with Crippen molar-refractivity contribution in [3.8, 4) is 0 Å². The highest BCUT2D eigenvalue weighted by molar-refractivity contribution is 6.30. The lowest BCUT2D eigenvalue weighted by Gasteiger charge is -2.16. The molecule has 7 nitrogen and oxygen atoms in total. The molecule has 138 valence electrons. The fraction of sp³-hybridized carbons (Fsp3) is 0.200. The molecule has 0 unspecified atom stereocenters. The zero-order chi connectivity index (χ0) is 19.4. The average Bonchev–Trinajstić information content (AvgIpc) is 2.97. The van der Waals surface area contributed by atoms with Gasteiger partial charge in [0, 0.05) is 5.69 Å². The summed E-state index contributed by atoms with van der Waals surface area (Å²) >= 11 is 0. The Morgan fingerprint density at radius 1 is 1.07 bits per heavy atom. The molecule has 1 aliphatic rings. The first kappa shape index (κ1) is 18.3. The van der Waals surface area contributed by atoms with Crippen LogP contribution in [-0.2, 0) is 19.1 Å². The number of ketones is 1. The number of anilines is 2. The number of ether oxygens (including phenoxy) is 1. The number of amides is 2. The molecule has 0 bridgehead atoms. The molecule has 1 saturated heterocycles. The summed E-state index contributed by atoms with van der Waals surface area (Å²) in [6.07, 6.45) is 0. The van der Waals surface area contributed by atoms with E-state index in [1.807, 2.05) is 0 Å². The van der Waals surface area contributed by atoms with Crippen LogP contribution in [0.5, 0.6) is 0 Å². The van der Waals surface area contributed by atoms with Gasteiger partial charge in [-0.1, -0.05) is 30.3 Å².